The minimum absolute atomic E-state index is 0.371. The van der Waals surface area contributed by atoms with Gasteiger partial charge in [0.1, 0.15) is 0 Å². The maximum atomic E-state index is 12.5. The molecule has 1 aromatic rings. The highest BCUT2D eigenvalue weighted by molar-refractivity contribution is 9.11. The highest BCUT2D eigenvalue weighted by Gasteiger charge is 2.25. The summed E-state index contributed by atoms with van der Waals surface area (Å²) in [5, 5.41) is 0. The molecule has 0 saturated carbocycles. The highest BCUT2D eigenvalue weighted by Crippen LogP contribution is 2.22. The number of benzene rings is 1. The summed E-state index contributed by atoms with van der Waals surface area (Å²) in [5.41, 5.74) is 1.06. The molecule has 5 heteroatoms. The topological polar surface area (TPSA) is 37.4 Å². The lowest BCUT2D eigenvalue weighted by Crippen LogP contribution is -2.32. The van der Waals surface area contributed by atoms with Crippen LogP contribution in [0, 0.1) is 6.92 Å². The highest BCUT2D eigenvalue weighted by atomic mass is 79.9. The smallest absolute Gasteiger partial charge is 0.207 e. The number of allylic oxidation sites excluding steroid dienone is 1. The van der Waals surface area contributed by atoms with Crippen molar-refractivity contribution in [3.63, 3.8) is 0 Å². The van der Waals surface area contributed by atoms with Gasteiger partial charge in [0, 0.05) is 17.6 Å². The van der Waals surface area contributed by atoms with E-state index in [0.717, 1.165) is 22.9 Å². The molecule has 98 valence electrons. The van der Waals surface area contributed by atoms with Gasteiger partial charge in [-0.1, -0.05) is 39.7 Å². The van der Waals surface area contributed by atoms with E-state index in [2.05, 4.69) is 15.9 Å². The molecule has 0 atom stereocenters. The summed E-state index contributed by atoms with van der Waals surface area (Å²) in [4.78, 5) is 0.371. The van der Waals surface area contributed by atoms with Crippen LogP contribution in [0.25, 0.3) is 0 Å². The Morgan fingerprint density at radius 3 is 2.56 bits per heavy atom. The van der Waals surface area contributed by atoms with E-state index in [0.29, 0.717) is 18.0 Å². The van der Waals surface area contributed by atoms with E-state index in [1.165, 1.54) is 4.31 Å². The molecule has 0 fully saturated rings. The van der Waals surface area contributed by atoms with Gasteiger partial charge in [-0.25, -0.2) is 8.42 Å². The van der Waals surface area contributed by atoms with Gasteiger partial charge in [-0.3, -0.25) is 0 Å². The Hall–Kier alpha value is -0.650. The van der Waals surface area contributed by atoms with E-state index in [9.17, 15) is 8.42 Å². The first-order valence-corrected chi connectivity index (χ1v) is 8.15. The summed E-state index contributed by atoms with van der Waals surface area (Å²) < 4.78 is 27.4. The van der Waals surface area contributed by atoms with Gasteiger partial charge in [0.15, 0.2) is 0 Å². The largest absolute Gasteiger partial charge is 0.243 e. The first-order chi connectivity index (χ1) is 8.50. The number of rotatable bonds is 2. The second kappa shape index (κ2) is 5.55. The van der Waals surface area contributed by atoms with Crippen LogP contribution in [0.15, 0.2) is 39.7 Å². The Morgan fingerprint density at radius 2 is 1.89 bits per heavy atom. The Kier molecular flexibility index (Phi) is 4.25. The van der Waals surface area contributed by atoms with Gasteiger partial charge < -0.3 is 0 Å². The van der Waals surface area contributed by atoms with E-state index in [4.69, 9.17) is 0 Å². The van der Waals surface area contributed by atoms with E-state index in [1.54, 1.807) is 12.1 Å². The monoisotopic (exact) mass is 329 g/mol. The standard InChI is InChI=1S/C13H16BrNO2S/c1-11-5-7-13(8-6-11)18(16,17)15-9-3-2-4-12(14)10-15/h4-8H,2-3,9-10H2,1H3. The van der Waals surface area contributed by atoms with Crippen LogP contribution in [0.2, 0.25) is 0 Å². The third kappa shape index (κ3) is 3.02. The maximum absolute atomic E-state index is 12.5. The van der Waals surface area contributed by atoms with Gasteiger partial charge in [-0.2, -0.15) is 4.31 Å². The second-order valence-corrected chi connectivity index (χ2v) is 7.40. The van der Waals surface area contributed by atoms with Crippen LogP contribution in [0.5, 0.6) is 0 Å². The molecule has 1 aromatic carbocycles. The van der Waals surface area contributed by atoms with Crippen LogP contribution in [-0.4, -0.2) is 25.8 Å². The van der Waals surface area contributed by atoms with Crippen molar-refractivity contribution in [2.24, 2.45) is 0 Å². The van der Waals surface area contributed by atoms with E-state index < -0.39 is 10.0 Å². The van der Waals surface area contributed by atoms with Gasteiger partial charge in [-0.05, 0) is 31.9 Å². The van der Waals surface area contributed by atoms with E-state index in [1.807, 2.05) is 25.1 Å². The molecule has 3 nitrogen and oxygen atoms in total. The fourth-order valence-electron chi connectivity index (χ4n) is 1.90. The molecular formula is C13H16BrNO2S. The molecule has 2 rings (SSSR count). The van der Waals surface area contributed by atoms with Crippen molar-refractivity contribution >= 4 is 26.0 Å². The Morgan fingerprint density at radius 1 is 1.22 bits per heavy atom. The van der Waals surface area contributed by atoms with Gasteiger partial charge >= 0.3 is 0 Å². The summed E-state index contributed by atoms with van der Waals surface area (Å²) in [5.74, 6) is 0. The van der Waals surface area contributed by atoms with Crippen LogP contribution in [0.3, 0.4) is 0 Å². The van der Waals surface area contributed by atoms with Crippen LogP contribution >= 0.6 is 15.9 Å². The molecule has 0 aliphatic carbocycles. The first-order valence-electron chi connectivity index (χ1n) is 5.91. The Bertz CT molecular complexity index is 549. The number of sulfonamides is 1. The summed E-state index contributed by atoms with van der Waals surface area (Å²) >= 11 is 3.41. The molecule has 0 saturated heterocycles. The summed E-state index contributed by atoms with van der Waals surface area (Å²) in [7, 11) is -3.37. The number of hydrogen-bond donors (Lipinski definition) is 0. The molecule has 1 aliphatic rings. The minimum atomic E-state index is -3.37. The predicted octanol–water partition coefficient (Wildman–Crippen LogP) is 3.06. The van der Waals surface area contributed by atoms with Crippen molar-refractivity contribution in [3.05, 3.63) is 40.4 Å². The van der Waals surface area contributed by atoms with Crippen LogP contribution < -0.4 is 0 Å². The maximum Gasteiger partial charge on any atom is 0.243 e. The van der Waals surface area contributed by atoms with Crippen molar-refractivity contribution in [2.45, 2.75) is 24.7 Å². The minimum Gasteiger partial charge on any atom is -0.207 e. The van der Waals surface area contributed by atoms with Crippen molar-refractivity contribution in [1.82, 2.24) is 4.31 Å². The molecule has 0 N–H and O–H groups in total. The normalized spacial score (nSPS) is 18.2. The van der Waals surface area contributed by atoms with E-state index >= 15 is 0 Å². The predicted molar refractivity (Wildman–Crippen MR) is 76.2 cm³/mol. The van der Waals surface area contributed by atoms with Gasteiger partial charge in [-0.15, -0.1) is 0 Å². The zero-order valence-corrected chi connectivity index (χ0v) is 12.7. The number of nitrogens with zero attached hydrogens (tertiary/aromatic N) is 1. The fraction of sp³-hybridized carbons (Fsp3) is 0.385. The van der Waals surface area contributed by atoms with Crippen molar-refractivity contribution in [1.29, 1.82) is 0 Å². The summed E-state index contributed by atoms with van der Waals surface area (Å²) in [6, 6.07) is 7.01. The molecular weight excluding hydrogens is 314 g/mol. The van der Waals surface area contributed by atoms with Gasteiger partial charge in [0.25, 0.3) is 0 Å². The zero-order chi connectivity index (χ0) is 13.2. The molecule has 18 heavy (non-hydrogen) atoms. The average Bonchev–Trinajstić information content (AvgIpc) is 2.55. The molecule has 1 heterocycles. The fourth-order valence-corrected chi connectivity index (χ4v) is 4.06. The van der Waals surface area contributed by atoms with Crippen LogP contribution in [0.4, 0.5) is 0 Å². The quantitative estimate of drug-likeness (QED) is 0.836. The molecule has 0 bridgehead atoms. The summed E-state index contributed by atoms with van der Waals surface area (Å²) in [6.45, 7) is 2.94. The lowest BCUT2D eigenvalue weighted by atomic mass is 10.2. The zero-order valence-electron chi connectivity index (χ0n) is 10.3. The molecule has 0 unspecified atom stereocenters. The van der Waals surface area contributed by atoms with Gasteiger partial charge in [0.2, 0.25) is 10.0 Å². The summed E-state index contributed by atoms with van der Waals surface area (Å²) in [6.07, 6.45) is 3.82. The van der Waals surface area contributed by atoms with Crippen LogP contribution in [-0.2, 0) is 10.0 Å². The lowest BCUT2D eigenvalue weighted by molar-refractivity contribution is 0.441. The third-order valence-electron chi connectivity index (χ3n) is 2.96. The SMILES string of the molecule is Cc1ccc(S(=O)(=O)N2CCCC=C(Br)C2)cc1. The number of hydrogen-bond acceptors (Lipinski definition) is 2. The number of aryl methyl sites for hydroxylation is 1. The molecule has 1 aliphatic heterocycles. The molecule has 0 spiro atoms. The van der Waals surface area contributed by atoms with Crippen molar-refractivity contribution < 1.29 is 8.42 Å². The molecule has 0 aromatic heterocycles. The second-order valence-electron chi connectivity index (χ2n) is 4.44. The van der Waals surface area contributed by atoms with Crippen LogP contribution in [0.1, 0.15) is 18.4 Å². The Balaban J connectivity index is 2.30. The van der Waals surface area contributed by atoms with Crippen molar-refractivity contribution in [2.75, 3.05) is 13.1 Å². The first kappa shape index (κ1) is 13.8. The third-order valence-corrected chi connectivity index (χ3v) is 5.40. The van der Waals surface area contributed by atoms with Crippen molar-refractivity contribution in [3.8, 4) is 0 Å². The van der Waals surface area contributed by atoms with E-state index in [-0.39, 0.29) is 0 Å². The molecule has 0 radical (unpaired) electrons. The molecule has 0 amide bonds. The lowest BCUT2D eigenvalue weighted by Gasteiger charge is -2.20. The Labute approximate surface area is 117 Å². The number of halogens is 1. The average molecular weight is 330 g/mol. The van der Waals surface area contributed by atoms with Gasteiger partial charge in [0.05, 0.1) is 4.90 Å².